The van der Waals surface area contributed by atoms with Crippen molar-refractivity contribution in [2.75, 3.05) is 5.32 Å². The van der Waals surface area contributed by atoms with E-state index in [1.54, 1.807) is 23.9 Å². The molecule has 22 heavy (non-hydrogen) atoms. The third-order valence-corrected chi connectivity index (χ3v) is 5.35. The molecule has 0 aliphatic carbocycles. The van der Waals surface area contributed by atoms with Crippen LogP contribution in [0.3, 0.4) is 0 Å². The Labute approximate surface area is 144 Å². The Morgan fingerprint density at radius 2 is 2.27 bits per heavy atom. The lowest BCUT2D eigenvalue weighted by atomic mass is 10.3. The van der Waals surface area contributed by atoms with Gasteiger partial charge in [-0.1, -0.05) is 29.0 Å². The van der Waals surface area contributed by atoms with Gasteiger partial charge in [-0.2, -0.15) is 5.10 Å². The molecule has 0 saturated carbocycles. The highest BCUT2D eigenvalue weighted by Gasteiger charge is 2.20. The van der Waals surface area contributed by atoms with Crippen molar-refractivity contribution in [2.45, 2.75) is 19.9 Å². The van der Waals surface area contributed by atoms with Gasteiger partial charge in [0.1, 0.15) is 11.6 Å². The highest BCUT2D eigenvalue weighted by Crippen LogP contribution is 2.31. The summed E-state index contributed by atoms with van der Waals surface area (Å²) in [6, 6.07) is 5.13. The molecule has 0 radical (unpaired) electrons. The standard InChI is InChI=1S/C14H12BrClN4OS/c1-7-9(15)6-17-20(7)8(2)13(21)19-14-18-12-10(16)4-3-5-11(12)22-14/h3-6,8H,1-2H3,(H,18,19,21)/t8-/m0/s1. The molecule has 1 atom stereocenters. The summed E-state index contributed by atoms with van der Waals surface area (Å²) in [6.45, 7) is 3.69. The van der Waals surface area contributed by atoms with Crippen LogP contribution in [0.1, 0.15) is 18.7 Å². The molecule has 1 aromatic carbocycles. The smallest absolute Gasteiger partial charge is 0.250 e. The quantitative estimate of drug-likeness (QED) is 0.709. The Kier molecular flexibility index (Phi) is 4.20. The van der Waals surface area contributed by atoms with Crippen molar-refractivity contribution in [3.8, 4) is 0 Å². The van der Waals surface area contributed by atoms with E-state index in [1.807, 2.05) is 19.1 Å². The molecule has 114 valence electrons. The van der Waals surface area contributed by atoms with Gasteiger partial charge in [-0.25, -0.2) is 4.98 Å². The predicted molar refractivity (Wildman–Crippen MR) is 92.6 cm³/mol. The molecule has 0 bridgehead atoms. The van der Waals surface area contributed by atoms with Crippen molar-refractivity contribution >= 4 is 60.1 Å². The topological polar surface area (TPSA) is 59.8 Å². The van der Waals surface area contributed by atoms with Crippen LogP contribution in [0.15, 0.2) is 28.9 Å². The van der Waals surface area contributed by atoms with Crippen molar-refractivity contribution in [3.63, 3.8) is 0 Å². The molecule has 5 nitrogen and oxygen atoms in total. The zero-order chi connectivity index (χ0) is 15.9. The summed E-state index contributed by atoms with van der Waals surface area (Å²) in [7, 11) is 0. The van der Waals surface area contributed by atoms with Crippen LogP contribution in [0, 0.1) is 6.92 Å². The van der Waals surface area contributed by atoms with Crippen LogP contribution in [-0.4, -0.2) is 20.7 Å². The van der Waals surface area contributed by atoms with Gasteiger partial charge in [0.15, 0.2) is 5.13 Å². The molecule has 0 spiro atoms. The van der Waals surface area contributed by atoms with E-state index in [9.17, 15) is 4.79 Å². The average molecular weight is 400 g/mol. The molecule has 1 amide bonds. The van der Waals surface area contributed by atoms with E-state index in [4.69, 9.17) is 11.6 Å². The van der Waals surface area contributed by atoms with Gasteiger partial charge in [-0.15, -0.1) is 0 Å². The Balaban J connectivity index is 1.83. The zero-order valence-electron chi connectivity index (χ0n) is 11.8. The summed E-state index contributed by atoms with van der Waals surface area (Å²) in [5.74, 6) is -0.172. The summed E-state index contributed by atoms with van der Waals surface area (Å²) in [4.78, 5) is 16.8. The lowest BCUT2D eigenvalue weighted by Crippen LogP contribution is -2.25. The van der Waals surface area contributed by atoms with Gasteiger partial charge in [0.25, 0.3) is 5.91 Å². The number of anilines is 1. The number of hydrogen-bond acceptors (Lipinski definition) is 4. The minimum atomic E-state index is -0.436. The number of rotatable bonds is 3. The fourth-order valence-electron chi connectivity index (χ4n) is 2.08. The number of carbonyl (C=O) groups excluding carboxylic acids is 1. The van der Waals surface area contributed by atoms with Gasteiger partial charge in [0.05, 0.1) is 26.1 Å². The largest absolute Gasteiger partial charge is 0.300 e. The monoisotopic (exact) mass is 398 g/mol. The first-order chi connectivity index (χ1) is 10.5. The van der Waals surface area contributed by atoms with Crippen molar-refractivity contribution < 1.29 is 4.79 Å². The molecule has 2 heterocycles. The number of benzene rings is 1. The Bertz CT molecular complexity index is 860. The highest BCUT2D eigenvalue weighted by atomic mass is 79.9. The average Bonchev–Trinajstić information content (AvgIpc) is 3.04. The molecule has 0 unspecified atom stereocenters. The second-order valence-electron chi connectivity index (χ2n) is 4.79. The Morgan fingerprint density at radius 1 is 1.50 bits per heavy atom. The van der Waals surface area contributed by atoms with Crippen LogP contribution in [-0.2, 0) is 4.79 Å². The van der Waals surface area contributed by atoms with Crippen molar-refractivity contribution in [2.24, 2.45) is 0 Å². The van der Waals surface area contributed by atoms with E-state index < -0.39 is 6.04 Å². The summed E-state index contributed by atoms with van der Waals surface area (Å²) in [5, 5.41) is 8.14. The van der Waals surface area contributed by atoms with Crippen molar-refractivity contribution in [1.29, 1.82) is 0 Å². The molecule has 3 rings (SSSR count). The van der Waals surface area contributed by atoms with Crippen LogP contribution in [0.4, 0.5) is 5.13 Å². The molecule has 0 aliphatic rings. The van der Waals surface area contributed by atoms with E-state index >= 15 is 0 Å². The van der Waals surface area contributed by atoms with Crippen LogP contribution in [0.2, 0.25) is 5.02 Å². The number of nitrogens with zero attached hydrogens (tertiary/aromatic N) is 3. The maximum Gasteiger partial charge on any atom is 0.250 e. The fourth-order valence-corrected chi connectivity index (χ4v) is 3.52. The Morgan fingerprint density at radius 3 is 2.91 bits per heavy atom. The number of aromatic nitrogens is 3. The number of halogens is 2. The molecular weight excluding hydrogens is 388 g/mol. The first-order valence-electron chi connectivity index (χ1n) is 6.53. The van der Waals surface area contributed by atoms with E-state index in [1.165, 1.54) is 11.3 Å². The maximum absolute atomic E-state index is 12.4. The highest BCUT2D eigenvalue weighted by molar-refractivity contribution is 9.10. The summed E-state index contributed by atoms with van der Waals surface area (Å²) in [6.07, 6.45) is 1.68. The molecule has 0 aliphatic heterocycles. The van der Waals surface area contributed by atoms with Crippen LogP contribution >= 0.6 is 38.9 Å². The Hall–Kier alpha value is -1.44. The minimum absolute atomic E-state index is 0.172. The molecule has 0 saturated heterocycles. The van der Waals surface area contributed by atoms with Crippen LogP contribution in [0.25, 0.3) is 10.2 Å². The third kappa shape index (κ3) is 2.76. The minimum Gasteiger partial charge on any atom is -0.300 e. The SMILES string of the molecule is Cc1c(Br)cnn1[C@@H](C)C(=O)Nc1nc2c(Cl)cccc2s1. The first-order valence-corrected chi connectivity index (χ1v) is 8.51. The van der Waals surface area contributed by atoms with E-state index in [-0.39, 0.29) is 5.91 Å². The van der Waals surface area contributed by atoms with E-state index in [0.717, 1.165) is 14.9 Å². The van der Waals surface area contributed by atoms with Crippen LogP contribution < -0.4 is 5.32 Å². The normalized spacial score (nSPS) is 12.5. The number of carbonyl (C=O) groups is 1. The van der Waals surface area contributed by atoms with Gasteiger partial charge in [-0.05, 0) is 41.9 Å². The number of thiazole rings is 1. The number of amides is 1. The van der Waals surface area contributed by atoms with E-state index in [2.05, 4.69) is 31.3 Å². The molecular formula is C14H12BrClN4OS. The summed E-state index contributed by atoms with van der Waals surface area (Å²) < 4.78 is 3.48. The van der Waals surface area contributed by atoms with Crippen molar-refractivity contribution in [1.82, 2.24) is 14.8 Å². The number of hydrogen-bond donors (Lipinski definition) is 1. The van der Waals surface area contributed by atoms with Crippen LogP contribution in [0.5, 0.6) is 0 Å². The number of nitrogens with one attached hydrogen (secondary N) is 1. The van der Waals surface area contributed by atoms with Gasteiger partial charge < -0.3 is 5.32 Å². The zero-order valence-corrected chi connectivity index (χ0v) is 15.0. The molecule has 0 fully saturated rings. The van der Waals surface area contributed by atoms with Gasteiger partial charge in [0.2, 0.25) is 0 Å². The summed E-state index contributed by atoms with van der Waals surface area (Å²) in [5.41, 5.74) is 1.60. The molecule has 2 aromatic heterocycles. The lowest BCUT2D eigenvalue weighted by Gasteiger charge is -2.13. The number of fused-ring (bicyclic) bond motifs is 1. The van der Waals surface area contributed by atoms with E-state index in [0.29, 0.717) is 15.7 Å². The molecule has 1 N–H and O–H groups in total. The molecule has 3 aromatic rings. The number of para-hydroxylation sites is 1. The fraction of sp³-hybridized carbons (Fsp3) is 0.214. The lowest BCUT2D eigenvalue weighted by molar-refractivity contribution is -0.119. The second-order valence-corrected chi connectivity index (χ2v) is 7.09. The second kappa shape index (κ2) is 5.98. The predicted octanol–water partition coefficient (Wildman–Crippen LogP) is 4.42. The molecule has 8 heteroatoms. The maximum atomic E-state index is 12.4. The van der Waals surface area contributed by atoms with Gasteiger partial charge in [-0.3, -0.25) is 9.48 Å². The first kappa shape index (κ1) is 15.5. The van der Waals surface area contributed by atoms with Crippen molar-refractivity contribution in [3.05, 3.63) is 39.6 Å². The summed E-state index contributed by atoms with van der Waals surface area (Å²) >= 11 is 10.9. The third-order valence-electron chi connectivity index (χ3n) is 3.33. The van der Waals surface area contributed by atoms with Gasteiger partial charge in [0, 0.05) is 0 Å². The van der Waals surface area contributed by atoms with Gasteiger partial charge >= 0.3 is 0 Å².